The average molecular weight is 270 g/mol. The number of piperazine rings is 1. The number of hydrogen-bond acceptors (Lipinski definition) is 3. The van der Waals surface area contributed by atoms with Crippen LogP contribution in [0.25, 0.3) is 0 Å². The number of rotatable bonds is 7. The number of nitrogens with zero attached hydrogens (tertiary/aromatic N) is 1. The monoisotopic (exact) mass is 270 g/mol. The molecular formula is C14H26N2O3. The van der Waals surface area contributed by atoms with Gasteiger partial charge >= 0.3 is 0 Å². The van der Waals surface area contributed by atoms with Crippen LogP contribution < -0.4 is 5.32 Å². The van der Waals surface area contributed by atoms with Gasteiger partial charge in [-0.25, -0.2) is 0 Å². The fourth-order valence-corrected chi connectivity index (χ4v) is 2.37. The van der Waals surface area contributed by atoms with E-state index in [1.807, 2.05) is 20.8 Å². The van der Waals surface area contributed by atoms with E-state index in [4.69, 9.17) is 4.74 Å². The third-order valence-corrected chi connectivity index (χ3v) is 3.76. The number of carbonyl (C=O) groups is 2. The molecule has 1 heterocycles. The molecule has 0 spiro atoms. The first-order chi connectivity index (χ1) is 9.00. The molecule has 2 amide bonds. The Morgan fingerprint density at radius 2 is 2.00 bits per heavy atom. The first-order valence-electron chi connectivity index (χ1n) is 7.21. The maximum Gasteiger partial charge on any atom is 0.248 e. The highest BCUT2D eigenvalue weighted by molar-refractivity contribution is 5.99. The zero-order chi connectivity index (χ0) is 14.5. The number of hydrogen-bond donors (Lipinski definition) is 1. The molecule has 1 aliphatic heterocycles. The summed E-state index contributed by atoms with van der Waals surface area (Å²) in [7, 11) is 0. The Kier molecular flexibility index (Phi) is 5.79. The van der Waals surface area contributed by atoms with Crippen LogP contribution >= 0.6 is 0 Å². The molecule has 1 saturated heterocycles. The van der Waals surface area contributed by atoms with Gasteiger partial charge in [0, 0.05) is 13.2 Å². The van der Waals surface area contributed by atoms with Gasteiger partial charge in [0.2, 0.25) is 11.8 Å². The highest BCUT2D eigenvalue weighted by atomic mass is 16.5. The fraction of sp³-hybridized carbons (Fsp3) is 0.857. The van der Waals surface area contributed by atoms with E-state index in [1.165, 1.54) is 0 Å². The number of ether oxygens (including phenoxy) is 1. The summed E-state index contributed by atoms with van der Waals surface area (Å²) in [6.45, 7) is 9.24. The van der Waals surface area contributed by atoms with Crippen LogP contribution in [0.4, 0.5) is 0 Å². The van der Waals surface area contributed by atoms with Crippen LogP contribution in [-0.4, -0.2) is 48.1 Å². The lowest BCUT2D eigenvalue weighted by Gasteiger charge is -2.44. The molecule has 1 N–H and O–H groups in total. The highest BCUT2D eigenvalue weighted by Crippen LogP contribution is 2.23. The smallest absolute Gasteiger partial charge is 0.248 e. The van der Waals surface area contributed by atoms with Gasteiger partial charge in [0.05, 0.1) is 6.61 Å². The zero-order valence-corrected chi connectivity index (χ0v) is 12.5. The molecule has 2 unspecified atom stereocenters. The van der Waals surface area contributed by atoms with E-state index in [-0.39, 0.29) is 17.9 Å². The van der Waals surface area contributed by atoms with Crippen molar-refractivity contribution in [2.75, 3.05) is 19.8 Å². The highest BCUT2D eigenvalue weighted by Gasteiger charge is 2.46. The van der Waals surface area contributed by atoms with Crippen molar-refractivity contribution < 1.29 is 14.3 Å². The van der Waals surface area contributed by atoms with Crippen molar-refractivity contribution in [2.24, 2.45) is 0 Å². The van der Waals surface area contributed by atoms with E-state index >= 15 is 0 Å². The van der Waals surface area contributed by atoms with Gasteiger partial charge in [-0.05, 0) is 26.7 Å². The van der Waals surface area contributed by atoms with Gasteiger partial charge in [0.1, 0.15) is 11.6 Å². The Balaban J connectivity index is 2.87. The van der Waals surface area contributed by atoms with Crippen molar-refractivity contribution in [3.63, 3.8) is 0 Å². The number of carbonyl (C=O) groups excluding carboxylic acids is 2. The lowest BCUT2D eigenvalue weighted by molar-refractivity contribution is -0.155. The topological polar surface area (TPSA) is 58.6 Å². The molecule has 0 radical (unpaired) electrons. The Bertz CT molecular complexity index is 333. The quantitative estimate of drug-likeness (QED) is 0.710. The molecule has 0 aromatic heterocycles. The average Bonchev–Trinajstić information content (AvgIpc) is 2.39. The molecule has 0 aromatic carbocycles. The Hall–Kier alpha value is -1.10. The van der Waals surface area contributed by atoms with Crippen LogP contribution in [-0.2, 0) is 14.3 Å². The second-order valence-corrected chi connectivity index (χ2v) is 5.17. The van der Waals surface area contributed by atoms with Crippen molar-refractivity contribution in [3.8, 4) is 0 Å². The predicted molar refractivity (Wildman–Crippen MR) is 73.7 cm³/mol. The van der Waals surface area contributed by atoms with E-state index < -0.39 is 5.54 Å². The second-order valence-electron chi connectivity index (χ2n) is 5.17. The minimum Gasteiger partial charge on any atom is -0.380 e. The summed E-state index contributed by atoms with van der Waals surface area (Å²) >= 11 is 0. The first-order valence-corrected chi connectivity index (χ1v) is 7.21. The van der Waals surface area contributed by atoms with Crippen molar-refractivity contribution >= 4 is 11.8 Å². The van der Waals surface area contributed by atoms with Crippen LogP contribution in [0.5, 0.6) is 0 Å². The Morgan fingerprint density at radius 3 is 2.53 bits per heavy atom. The summed E-state index contributed by atoms with van der Waals surface area (Å²) < 4.78 is 5.32. The lowest BCUT2D eigenvalue weighted by atomic mass is 9.90. The zero-order valence-electron chi connectivity index (χ0n) is 12.5. The minimum absolute atomic E-state index is 0.00718. The molecule has 0 bridgehead atoms. The molecule has 110 valence electrons. The summed E-state index contributed by atoms with van der Waals surface area (Å²) in [5.41, 5.74) is -0.770. The lowest BCUT2D eigenvalue weighted by Crippen LogP contribution is -2.69. The van der Waals surface area contributed by atoms with E-state index in [0.717, 1.165) is 6.42 Å². The third-order valence-electron chi connectivity index (χ3n) is 3.76. The molecule has 0 aliphatic carbocycles. The van der Waals surface area contributed by atoms with Crippen LogP contribution in [0, 0.1) is 0 Å². The molecule has 1 aliphatic rings. The standard InChI is InChI=1S/C14H26N2O3/c1-5-8-11-12(17)15-14(4,6-2)13(18)16(11)9-10-19-7-3/h11H,5-10H2,1-4H3,(H,15,17). The van der Waals surface area contributed by atoms with Gasteiger partial charge in [-0.1, -0.05) is 20.3 Å². The maximum absolute atomic E-state index is 12.6. The largest absolute Gasteiger partial charge is 0.380 e. The van der Waals surface area contributed by atoms with Crippen molar-refractivity contribution in [3.05, 3.63) is 0 Å². The number of amides is 2. The van der Waals surface area contributed by atoms with Gasteiger partial charge < -0.3 is 15.0 Å². The molecule has 1 rings (SSSR count). The summed E-state index contributed by atoms with van der Waals surface area (Å²) in [5.74, 6) is -0.0324. The SMILES string of the molecule is CCCC1C(=O)NC(C)(CC)C(=O)N1CCOCC. The molecule has 1 fully saturated rings. The van der Waals surface area contributed by atoms with Crippen LogP contribution in [0.2, 0.25) is 0 Å². The normalized spacial score (nSPS) is 27.6. The Morgan fingerprint density at radius 1 is 1.32 bits per heavy atom. The first kappa shape index (κ1) is 16.0. The molecular weight excluding hydrogens is 244 g/mol. The Labute approximate surface area is 115 Å². The van der Waals surface area contributed by atoms with Gasteiger partial charge in [0.15, 0.2) is 0 Å². The minimum atomic E-state index is -0.770. The molecule has 19 heavy (non-hydrogen) atoms. The number of nitrogens with one attached hydrogen (secondary N) is 1. The predicted octanol–water partition coefficient (Wildman–Crippen LogP) is 1.32. The summed E-state index contributed by atoms with van der Waals surface area (Å²) in [4.78, 5) is 26.5. The van der Waals surface area contributed by atoms with Crippen molar-refractivity contribution in [2.45, 2.75) is 58.5 Å². The maximum atomic E-state index is 12.6. The van der Waals surface area contributed by atoms with Gasteiger partial charge in [0.25, 0.3) is 0 Å². The van der Waals surface area contributed by atoms with E-state index in [1.54, 1.807) is 11.8 Å². The van der Waals surface area contributed by atoms with E-state index in [2.05, 4.69) is 5.32 Å². The summed E-state index contributed by atoms with van der Waals surface area (Å²) in [5, 5.41) is 2.88. The molecule has 5 nitrogen and oxygen atoms in total. The molecule has 2 atom stereocenters. The van der Waals surface area contributed by atoms with Crippen LogP contribution in [0.15, 0.2) is 0 Å². The van der Waals surface area contributed by atoms with Crippen LogP contribution in [0.3, 0.4) is 0 Å². The third kappa shape index (κ3) is 3.47. The summed E-state index contributed by atoms with van der Waals surface area (Å²) in [6.07, 6.45) is 2.17. The molecule has 5 heteroatoms. The second kappa shape index (κ2) is 6.89. The van der Waals surface area contributed by atoms with Gasteiger partial charge in [-0.3, -0.25) is 9.59 Å². The van der Waals surface area contributed by atoms with E-state index in [0.29, 0.717) is 32.6 Å². The van der Waals surface area contributed by atoms with E-state index in [9.17, 15) is 9.59 Å². The van der Waals surface area contributed by atoms with Crippen molar-refractivity contribution in [1.82, 2.24) is 10.2 Å². The molecule has 0 aromatic rings. The van der Waals surface area contributed by atoms with Gasteiger partial charge in [-0.2, -0.15) is 0 Å². The van der Waals surface area contributed by atoms with Gasteiger partial charge in [-0.15, -0.1) is 0 Å². The van der Waals surface area contributed by atoms with Crippen molar-refractivity contribution in [1.29, 1.82) is 0 Å². The fourth-order valence-electron chi connectivity index (χ4n) is 2.37. The van der Waals surface area contributed by atoms with Crippen LogP contribution in [0.1, 0.15) is 47.0 Å². The molecule has 0 saturated carbocycles. The summed E-state index contributed by atoms with van der Waals surface area (Å²) in [6, 6.07) is -0.349.